The van der Waals surface area contributed by atoms with E-state index < -0.39 is 0 Å². The normalized spacial score (nSPS) is 10.7. The molecule has 0 aliphatic carbocycles. The predicted octanol–water partition coefficient (Wildman–Crippen LogP) is 1.77. The highest BCUT2D eigenvalue weighted by atomic mass is 16.1. The number of nitrogen functional groups attached to an aromatic ring is 1. The summed E-state index contributed by atoms with van der Waals surface area (Å²) < 4.78 is 1.72. The largest absolute Gasteiger partial charge is 0.384 e. The van der Waals surface area contributed by atoms with Crippen molar-refractivity contribution in [2.45, 2.75) is 19.8 Å². The van der Waals surface area contributed by atoms with Crippen LogP contribution in [-0.2, 0) is 7.05 Å². The molecule has 0 aliphatic heterocycles. The third-order valence-corrected chi connectivity index (χ3v) is 2.78. The fourth-order valence-corrected chi connectivity index (χ4v) is 1.81. The number of hydrogen-bond acceptors (Lipinski definition) is 4. The second-order valence-electron chi connectivity index (χ2n) is 4.66. The lowest BCUT2D eigenvalue weighted by molar-refractivity contribution is 0.102. The number of rotatable bonds is 3. The Kier molecular flexibility index (Phi) is 3.50. The SMILES string of the molecule is CC(C)c1cc(C(=O)Nc2ccc(N)nc2)nn1C. The van der Waals surface area contributed by atoms with Gasteiger partial charge in [-0.2, -0.15) is 5.10 Å². The molecular weight excluding hydrogens is 242 g/mol. The topological polar surface area (TPSA) is 85.8 Å². The van der Waals surface area contributed by atoms with Crippen molar-refractivity contribution in [2.24, 2.45) is 7.05 Å². The van der Waals surface area contributed by atoms with E-state index in [0.717, 1.165) is 5.69 Å². The Hall–Kier alpha value is -2.37. The molecule has 0 atom stereocenters. The van der Waals surface area contributed by atoms with Gasteiger partial charge in [0.1, 0.15) is 5.82 Å². The maximum Gasteiger partial charge on any atom is 0.276 e. The molecule has 0 saturated heterocycles. The summed E-state index contributed by atoms with van der Waals surface area (Å²) in [5.74, 6) is 0.476. The van der Waals surface area contributed by atoms with Crippen molar-refractivity contribution in [1.29, 1.82) is 0 Å². The summed E-state index contributed by atoms with van der Waals surface area (Å²) in [5.41, 5.74) is 7.49. The molecule has 0 spiro atoms. The van der Waals surface area contributed by atoms with Gasteiger partial charge >= 0.3 is 0 Å². The molecule has 100 valence electrons. The number of nitrogens with two attached hydrogens (primary N) is 1. The zero-order chi connectivity index (χ0) is 14.0. The van der Waals surface area contributed by atoms with Gasteiger partial charge in [0.2, 0.25) is 0 Å². The smallest absolute Gasteiger partial charge is 0.276 e. The van der Waals surface area contributed by atoms with Crippen LogP contribution < -0.4 is 11.1 Å². The Morgan fingerprint density at radius 1 is 1.42 bits per heavy atom. The molecule has 2 aromatic heterocycles. The second kappa shape index (κ2) is 5.09. The predicted molar refractivity (Wildman–Crippen MR) is 73.9 cm³/mol. The van der Waals surface area contributed by atoms with E-state index in [1.165, 1.54) is 6.20 Å². The summed E-state index contributed by atoms with van der Waals surface area (Å²) in [6, 6.07) is 5.13. The second-order valence-corrected chi connectivity index (χ2v) is 4.66. The van der Waals surface area contributed by atoms with E-state index in [0.29, 0.717) is 23.1 Å². The van der Waals surface area contributed by atoms with Gasteiger partial charge in [0.15, 0.2) is 5.69 Å². The monoisotopic (exact) mass is 259 g/mol. The zero-order valence-electron chi connectivity index (χ0n) is 11.2. The van der Waals surface area contributed by atoms with Crippen LogP contribution in [0, 0.1) is 0 Å². The Balaban J connectivity index is 2.16. The Labute approximate surface area is 111 Å². The molecule has 1 amide bonds. The molecule has 6 heteroatoms. The number of carbonyl (C=O) groups is 1. The van der Waals surface area contributed by atoms with Crippen molar-refractivity contribution in [2.75, 3.05) is 11.1 Å². The molecule has 3 N–H and O–H groups in total. The van der Waals surface area contributed by atoms with E-state index in [4.69, 9.17) is 5.73 Å². The van der Waals surface area contributed by atoms with Gasteiger partial charge in [-0.25, -0.2) is 4.98 Å². The summed E-state index contributed by atoms with van der Waals surface area (Å²) in [5, 5.41) is 6.94. The first kappa shape index (κ1) is 13.1. The zero-order valence-corrected chi connectivity index (χ0v) is 11.2. The minimum absolute atomic E-state index is 0.255. The molecule has 0 saturated carbocycles. The van der Waals surface area contributed by atoms with Gasteiger partial charge in [-0.05, 0) is 24.1 Å². The minimum atomic E-state index is -0.255. The molecule has 0 radical (unpaired) electrons. The van der Waals surface area contributed by atoms with E-state index in [2.05, 4.69) is 29.2 Å². The van der Waals surface area contributed by atoms with Crippen molar-refractivity contribution in [3.05, 3.63) is 35.8 Å². The van der Waals surface area contributed by atoms with Crippen LogP contribution in [0.1, 0.15) is 35.9 Å². The molecule has 0 aromatic carbocycles. The van der Waals surface area contributed by atoms with Crippen molar-refractivity contribution in [3.8, 4) is 0 Å². The summed E-state index contributed by atoms with van der Waals surface area (Å²) in [6.45, 7) is 4.12. The molecule has 2 aromatic rings. The lowest BCUT2D eigenvalue weighted by Crippen LogP contribution is -2.13. The number of aryl methyl sites for hydroxylation is 1. The summed E-state index contributed by atoms with van der Waals surface area (Å²) in [6.07, 6.45) is 1.51. The van der Waals surface area contributed by atoms with Gasteiger partial charge in [0, 0.05) is 12.7 Å². The number of hydrogen-bond donors (Lipinski definition) is 2. The molecule has 0 bridgehead atoms. The van der Waals surface area contributed by atoms with Gasteiger partial charge in [-0.1, -0.05) is 13.8 Å². The molecule has 2 heterocycles. The first-order valence-corrected chi connectivity index (χ1v) is 6.04. The molecule has 6 nitrogen and oxygen atoms in total. The number of nitrogens with one attached hydrogen (secondary N) is 1. The van der Waals surface area contributed by atoms with Crippen LogP contribution in [0.2, 0.25) is 0 Å². The van der Waals surface area contributed by atoms with Gasteiger partial charge in [-0.15, -0.1) is 0 Å². The van der Waals surface area contributed by atoms with Crippen molar-refractivity contribution in [1.82, 2.24) is 14.8 Å². The van der Waals surface area contributed by atoms with Crippen LogP contribution in [0.4, 0.5) is 11.5 Å². The third kappa shape index (κ3) is 2.90. The van der Waals surface area contributed by atoms with E-state index in [1.807, 2.05) is 7.05 Å². The number of carbonyl (C=O) groups excluding carboxylic acids is 1. The Morgan fingerprint density at radius 2 is 2.16 bits per heavy atom. The number of nitrogens with zero attached hydrogens (tertiary/aromatic N) is 3. The summed E-state index contributed by atoms with van der Waals surface area (Å²) in [7, 11) is 1.83. The first-order valence-electron chi connectivity index (χ1n) is 6.04. The lowest BCUT2D eigenvalue weighted by atomic mass is 10.1. The number of anilines is 2. The number of amides is 1. The average molecular weight is 259 g/mol. The molecule has 19 heavy (non-hydrogen) atoms. The number of pyridine rings is 1. The maximum absolute atomic E-state index is 12.0. The Morgan fingerprint density at radius 3 is 2.68 bits per heavy atom. The highest BCUT2D eigenvalue weighted by molar-refractivity contribution is 6.02. The third-order valence-electron chi connectivity index (χ3n) is 2.78. The molecule has 0 fully saturated rings. The van der Waals surface area contributed by atoms with E-state index in [1.54, 1.807) is 22.9 Å². The first-order chi connectivity index (χ1) is 8.97. The lowest BCUT2D eigenvalue weighted by Gasteiger charge is -2.02. The van der Waals surface area contributed by atoms with Gasteiger partial charge < -0.3 is 11.1 Å². The molecular formula is C13H17N5O. The average Bonchev–Trinajstić information content (AvgIpc) is 2.74. The van der Waals surface area contributed by atoms with E-state index in [9.17, 15) is 4.79 Å². The van der Waals surface area contributed by atoms with Crippen molar-refractivity contribution < 1.29 is 4.79 Å². The van der Waals surface area contributed by atoms with Crippen molar-refractivity contribution in [3.63, 3.8) is 0 Å². The van der Waals surface area contributed by atoms with Crippen molar-refractivity contribution >= 4 is 17.4 Å². The fraction of sp³-hybridized carbons (Fsp3) is 0.308. The van der Waals surface area contributed by atoms with Crippen LogP contribution in [0.15, 0.2) is 24.4 Å². The maximum atomic E-state index is 12.0. The van der Waals surface area contributed by atoms with E-state index in [-0.39, 0.29) is 5.91 Å². The van der Waals surface area contributed by atoms with Crippen LogP contribution >= 0.6 is 0 Å². The molecule has 0 unspecified atom stereocenters. The van der Waals surface area contributed by atoms with Gasteiger partial charge in [-0.3, -0.25) is 9.48 Å². The van der Waals surface area contributed by atoms with Crippen LogP contribution in [0.5, 0.6) is 0 Å². The van der Waals surface area contributed by atoms with Gasteiger partial charge in [0.05, 0.1) is 11.9 Å². The summed E-state index contributed by atoms with van der Waals surface area (Å²) >= 11 is 0. The van der Waals surface area contributed by atoms with Crippen LogP contribution in [0.25, 0.3) is 0 Å². The van der Waals surface area contributed by atoms with Crippen LogP contribution in [-0.4, -0.2) is 20.7 Å². The highest BCUT2D eigenvalue weighted by Crippen LogP contribution is 2.16. The quantitative estimate of drug-likeness (QED) is 0.879. The Bertz CT molecular complexity index is 586. The minimum Gasteiger partial charge on any atom is -0.384 e. The highest BCUT2D eigenvalue weighted by Gasteiger charge is 2.14. The van der Waals surface area contributed by atoms with Crippen LogP contribution in [0.3, 0.4) is 0 Å². The number of aromatic nitrogens is 3. The molecule has 0 aliphatic rings. The molecule has 2 rings (SSSR count). The standard InChI is InChI=1S/C13H17N5O/c1-8(2)11-6-10(17-18(11)3)13(19)16-9-4-5-12(14)15-7-9/h4-8H,1-3H3,(H2,14,15)(H,16,19). The fourth-order valence-electron chi connectivity index (χ4n) is 1.81. The summed E-state index contributed by atoms with van der Waals surface area (Å²) in [4.78, 5) is 16.0. The van der Waals surface area contributed by atoms with Gasteiger partial charge in [0.25, 0.3) is 5.91 Å². The van der Waals surface area contributed by atoms with E-state index >= 15 is 0 Å².